The molecule has 4 nitrogen and oxygen atoms in total. The van der Waals surface area contributed by atoms with Crippen LogP contribution < -0.4 is 5.32 Å². The molecule has 22 heavy (non-hydrogen) atoms. The van der Waals surface area contributed by atoms with E-state index in [0.29, 0.717) is 18.7 Å². The maximum Gasteiger partial charge on any atom is 0.220 e. The number of hydrogen-bond acceptors (Lipinski definition) is 4. The molecule has 0 saturated carbocycles. The van der Waals surface area contributed by atoms with Crippen molar-refractivity contribution in [2.45, 2.75) is 11.3 Å². The number of nitrogens with zero attached hydrogens (tertiary/aromatic N) is 2. The van der Waals surface area contributed by atoms with E-state index in [1.54, 1.807) is 23.9 Å². The lowest BCUT2D eigenvalue weighted by Crippen LogP contribution is -2.46. The van der Waals surface area contributed by atoms with Crippen molar-refractivity contribution in [1.82, 2.24) is 15.1 Å². The van der Waals surface area contributed by atoms with Crippen LogP contribution in [0.2, 0.25) is 0 Å². The Morgan fingerprint density at radius 3 is 2.59 bits per heavy atom. The highest BCUT2D eigenvalue weighted by molar-refractivity contribution is 7.99. The van der Waals surface area contributed by atoms with Crippen LogP contribution in [0.5, 0.6) is 0 Å². The summed E-state index contributed by atoms with van der Waals surface area (Å²) in [5.41, 5.74) is 0. The van der Waals surface area contributed by atoms with Gasteiger partial charge in [-0.25, -0.2) is 4.39 Å². The molecule has 1 fully saturated rings. The molecule has 0 unspecified atom stereocenters. The summed E-state index contributed by atoms with van der Waals surface area (Å²) >= 11 is 1.58. The van der Waals surface area contributed by atoms with Crippen LogP contribution in [0.3, 0.4) is 0 Å². The van der Waals surface area contributed by atoms with Gasteiger partial charge in [0.05, 0.1) is 0 Å². The quantitative estimate of drug-likeness (QED) is 0.774. The van der Waals surface area contributed by atoms with Crippen LogP contribution in [0.4, 0.5) is 4.39 Å². The molecule has 1 N–H and O–H groups in total. The van der Waals surface area contributed by atoms with Gasteiger partial charge in [0.2, 0.25) is 5.91 Å². The standard InChI is InChI=1S/C16H24FN3OS/c1-19-9-11-20(12-10-19)8-7-18-16(21)6-13-22-15-4-2-14(17)3-5-15/h2-5H,6-13H2,1H3,(H,18,21). The molecule has 1 aliphatic heterocycles. The topological polar surface area (TPSA) is 35.6 Å². The predicted octanol–water partition coefficient (Wildman–Crippen LogP) is 1.67. The smallest absolute Gasteiger partial charge is 0.220 e. The largest absolute Gasteiger partial charge is 0.355 e. The third-order valence-corrected chi connectivity index (χ3v) is 4.77. The van der Waals surface area contributed by atoms with Crippen molar-refractivity contribution in [3.63, 3.8) is 0 Å². The fourth-order valence-electron chi connectivity index (χ4n) is 2.31. The van der Waals surface area contributed by atoms with Gasteiger partial charge in [-0.15, -0.1) is 11.8 Å². The van der Waals surface area contributed by atoms with Gasteiger partial charge in [-0.2, -0.15) is 0 Å². The monoisotopic (exact) mass is 325 g/mol. The first kappa shape index (κ1) is 17.2. The number of carbonyl (C=O) groups is 1. The van der Waals surface area contributed by atoms with Gasteiger partial charge < -0.3 is 10.2 Å². The van der Waals surface area contributed by atoms with Crippen molar-refractivity contribution < 1.29 is 9.18 Å². The number of halogens is 1. The second-order valence-corrected chi connectivity index (χ2v) is 6.72. The lowest BCUT2D eigenvalue weighted by Gasteiger charge is -2.32. The van der Waals surface area contributed by atoms with Crippen molar-refractivity contribution in [3.8, 4) is 0 Å². The van der Waals surface area contributed by atoms with E-state index < -0.39 is 0 Å². The first-order valence-corrected chi connectivity index (χ1v) is 8.68. The summed E-state index contributed by atoms with van der Waals surface area (Å²) in [6, 6.07) is 6.37. The van der Waals surface area contributed by atoms with Crippen molar-refractivity contribution in [3.05, 3.63) is 30.1 Å². The molecule has 1 amide bonds. The SMILES string of the molecule is CN1CCN(CCNC(=O)CCSc2ccc(F)cc2)CC1. The summed E-state index contributed by atoms with van der Waals surface area (Å²) in [5.74, 6) is 0.571. The first-order chi connectivity index (χ1) is 10.6. The summed E-state index contributed by atoms with van der Waals surface area (Å²) in [6.45, 7) is 5.98. The van der Waals surface area contributed by atoms with Crippen LogP contribution in [0.1, 0.15) is 6.42 Å². The molecule has 2 rings (SSSR count). The first-order valence-electron chi connectivity index (χ1n) is 7.69. The second kappa shape index (κ2) is 9.12. The molecule has 1 aliphatic rings. The van der Waals surface area contributed by atoms with Gasteiger partial charge in [0.15, 0.2) is 0 Å². The van der Waals surface area contributed by atoms with E-state index >= 15 is 0 Å². The minimum atomic E-state index is -0.231. The molecule has 1 saturated heterocycles. The number of amides is 1. The Kier molecular flexibility index (Phi) is 7.15. The van der Waals surface area contributed by atoms with E-state index in [-0.39, 0.29) is 11.7 Å². The van der Waals surface area contributed by atoms with Gasteiger partial charge in [-0.1, -0.05) is 0 Å². The van der Waals surface area contributed by atoms with E-state index in [1.807, 2.05) is 0 Å². The lowest BCUT2D eigenvalue weighted by atomic mass is 10.3. The number of nitrogens with one attached hydrogen (secondary N) is 1. The van der Waals surface area contributed by atoms with Gasteiger partial charge in [0.25, 0.3) is 0 Å². The van der Waals surface area contributed by atoms with Crippen molar-refractivity contribution in [1.29, 1.82) is 0 Å². The Hall–Kier alpha value is -1.11. The van der Waals surface area contributed by atoms with E-state index in [9.17, 15) is 9.18 Å². The van der Waals surface area contributed by atoms with Crippen LogP contribution >= 0.6 is 11.8 Å². The van der Waals surface area contributed by atoms with Crippen LogP contribution in [0.25, 0.3) is 0 Å². The molecule has 1 aromatic carbocycles. The number of thioether (sulfide) groups is 1. The molecule has 0 radical (unpaired) electrons. The fraction of sp³-hybridized carbons (Fsp3) is 0.562. The van der Waals surface area contributed by atoms with E-state index in [1.165, 1.54) is 12.1 Å². The number of rotatable bonds is 7. The average Bonchev–Trinajstić information content (AvgIpc) is 2.51. The summed E-state index contributed by atoms with van der Waals surface area (Å²) in [4.78, 5) is 17.5. The molecular formula is C16H24FN3OS. The van der Waals surface area contributed by atoms with E-state index in [2.05, 4.69) is 22.2 Å². The summed E-state index contributed by atoms with van der Waals surface area (Å²) in [6.07, 6.45) is 0.491. The van der Waals surface area contributed by atoms with Gasteiger partial charge in [-0.05, 0) is 31.3 Å². The molecule has 0 bridgehead atoms. The minimum Gasteiger partial charge on any atom is -0.355 e. The molecule has 1 aromatic rings. The molecule has 1 heterocycles. The van der Waals surface area contributed by atoms with Crippen molar-refractivity contribution in [2.75, 3.05) is 52.1 Å². The third-order valence-electron chi connectivity index (χ3n) is 3.76. The molecule has 0 aliphatic carbocycles. The van der Waals surface area contributed by atoms with Gasteiger partial charge in [-0.3, -0.25) is 9.69 Å². The van der Waals surface area contributed by atoms with Crippen LogP contribution in [-0.2, 0) is 4.79 Å². The van der Waals surface area contributed by atoms with Crippen LogP contribution in [-0.4, -0.2) is 67.8 Å². The van der Waals surface area contributed by atoms with Crippen molar-refractivity contribution >= 4 is 17.7 Å². The maximum absolute atomic E-state index is 12.8. The number of hydrogen-bond donors (Lipinski definition) is 1. The Bertz CT molecular complexity index is 461. The van der Waals surface area contributed by atoms with E-state index in [0.717, 1.165) is 37.6 Å². The highest BCUT2D eigenvalue weighted by Crippen LogP contribution is 2.18. The summed E-state index contributed by atoms with van der Waals surface area (Å²) < 4.78 is 12.8. The van der Waals surface area contributed by atoms with Crippen LogP contribution in [0, 0.1) is 5.82 Å². The summed E-state index contributed by atoms with van der Waals surface area (Å²) in [5, 5.41) is 2.97. The molecule has 6 heteroatoms. The molecule has 0 atom stereocenters. The Labute approximate surface area is 136 Å². The Morgan fingerprint density at radius 2 is 1.91 bits per heavy atom. The van der Waals surface area contributed by atoms with Gasteiger partial charge in [0.1, 0.15) is 5.82 Å². The predicted molar refractivity (Wildman–Crippen MR) is 88.7 cm³/mol. The number of likely N-dealkylation sites (N-methyl/N-ethyl adjacent to an activating group) is 1. The zero-order valence-corrected chi connectivity index (χ0v) is 13.9. The highest BCUT2D eigenvalue weighted by Gasteiger charge is 2.13. The molecular weight excluding hydrogens is 301 g/mol. The van der Waals surface area contributed by atoms with Crippen LogP contribution in [0.15, 0.2) is 29.2 Å². The van der Waals surface area contributed by atoms with Gasteiger partial charge >= 0.3 is 0 Å². The average molecular weight is 325 g/mol. The van der Waals surface area contributed by atoms with Gasteiger partial charge in [0, 0.05) is 56.3 Å². The third kappa shape index (κ3) is 6.34. The summed E-state index contributed by atoms with van der Waals surface area (Å²) in [7, 11) is 2.14. The normalized spacial score (nSPS) is 16.6. The number of piperazine rings is 1. The number of carbonyl (C=O) groups excluding carboxylic acids is 1. The maximum atomic E-state index is 12.8. The zero-order valence-electron chi connectivity index (χ0n) is 13.1. The Morgan fingerprint density at radius 1 is 1.23 bits per heavy atom. The minimum absolute atomic E-state index is 0.0868. The fourth-order valence-corrected chi connectivity index (χ4v) is 3.16. The van der Waals surface area contributed by atoms with Crippen molar-refractivity contribution in [2.24, 2.45) is 0 Å². The number of benzene rings is 1. The molecule has 0 spiro atoms. The Balaban J connectivity index is 1.53. The van der Waals surface area contributed by atoms with E-state index in [4.69, 9.17) is 0 Å². The second-order valence-electron chi connectivity index (χ2n) is 5.55. The zero-order chi connectivity index (χ0) is 15.8. The molecule has 122 valence electrons. The lowest BCUT2D eigenvalue weighted by molar-refractivity contribution is -0.120. The highest BCUT2D eigenvalue weighted by atomic mass is 32.2. The molecule has 0 aromatic heterocycles.